The molecule has 0 spiro atoms. The Labute approximate surface area is 283 Å². The van der Waals surface area contributed by atoms with Gasteiger partial charge in [0.25, 0.3) is 0 Å². The largest absolute Gasteiger partial charge is 0.460 e. The third-order valence-electron chi connectivity index (χ3n) is 9.18. The number of carbonyl (C=O) groups is 4. The second-order valence-electron chi connectivity index (χ2n) is 15.2. The number of esters is 1. The van der Waals surface area contributed by atoms with Crippen LogP contribution >= 0.6 is 0 Å². The number of likely N-dealkylation sites (tertiary alicyclic amines) is 1. The van der Waals surface area contributed by atoms with Gasteiger partial charge in [-0.05, 0) is 67.9 Å². The lowest BCUT2D eigenvalue weighted by atomic mass is 9.77. The summed E-state index contributed by atoms with van der Waals surface area (Å²) in [6.07, 6.45) is 1.55. The molecule has 2 aromatic rings. The summed E-state index contributed by atoms with van der Waals surface area (Å²) in [6, 6.07) is 10.8. The van der Waals surface area contributed by atoms with Crippen LogP contribution in [0.2, 0.25) is 0 Å². The molecule has 2 aromatic carbocycles. The predicted molar refractivity (Wildman–Crippen MR) is 182 cm³/mol. The second-order valence-corrected chi connectivity index (χ2v) is 19.2. The van der Waals surface area contributed by atoms with E-state index in [1.165, 1.54) is 17.0 Å². The van der Waals surface area contributed by atoms with Crippen molar-refractivity contribution in [3.8, 4) is 0 Å². The molecule has 1 aliphatic carbocycles. The monoisotopic (exact) mass is 702 g/mol. The average molecular weight is 703 g/mol. The number of sulfone groups is 1. The highest BCUT2D eigenvalue weighted by atomic mass is 32.2. The van der Waals surface area contributed by atoms with E-state index in [1.54, 1.807) is 65.8 Å². The van der Waals surface area contributed by atoms with E-state index in [4.69, 9.17) is 4.74 Å². The molecular formula is C35H46N2O9S2. The van der Waals surface area contributed by atoms with Gasteiger partial charge in [-0.1, -0.05) is 57.2 Å². The number of ketones is 1. The highest BCUT2D eigenvalue weighted by molar-refractivity contribution is 7.92. The highest BCUT2D eigenvalue weighted by Gasteiger charge is 2.61. The molecule has 2 unspecified atom stereocenters. The van der Waals surface area contributed by atoms with Crippen molar-refractivity contribution in [3.05, 3.63) is 55.1 Å². The summed E-state index contributed by atoms with van der Waals surface area (Å²) in [5.74, 6) is -4.06. The van der Waals surface area contributed by atoms with Crippen molar-refractivity contribution < 1.29 is 40.8 Å². The third-order valence-corrected chi connectivity index (χ3v) is 11.9. The molecule has 11 nitrogen and oxygen atoms in total. The number of Topliss-reactive ketones (excluding diaryl/α,β-unsaturated/α-hetero) is 1. The van der Waals surface area contributed by atoms with Crippen LogP contribution in [-0.4, -0.2) is 75.0 Å². The van der Waals surface area contributed by atoms with Crippen LogP contribution in [0.25, 0.3) is 10.8 Å². The van der Waals surface area contributed by atoms with Crippen LogP contribution in [0.3, 0.4) is 0 Å². The average Bonchev–Trinajstić information content (AvgIpc) is 3.47. The van der Waals surface area contributed by atoms with E-state index in [0.717, 1.165) is 11.6 Å². The molecule has 1 aliphatic heterocycles. The summed E-state index contributed by atoms with van der Waals surface area (Å²) < 4.78 is 59.5. The number of carbonyl (C=O) groups excluding carboxylic acids is 4. The maximum Gasteiger partial charge on any atom is 0.307 e. The molecule has 1 saturated heterocycles. The molecule has 1 N–H and O–H groups in total. The molecule has 2 aliphatic rings. The Bertz CT molecular complexity index is 1860. The van der Waals surface area contributed by atoms with Gasteiger partial charge >= 0.3 is 5.97 Å². The topological polar surface area (TPSA) is 161 Å². The first kappa shape index (κ1) is 37.2. The van der Waals surface area contributed by atoms with E-state index >= 15 is 0 Å². The standard InChI is InChI=1S/C35H46N2O9S2/c1-9-24-19-35(24,32(41)36-47(8,42)43)20-29(38)28-17-26(48(44,45)25-15-14-22-12-10-11-13-23(22)16-25)21-37(28)31(40)27(33(2,3)4)18-30(39)46-34(5,6)7/h9-16,24,26-28H,1,17-21H2,2-8H3,(H,36,41)/t24?,26-,27-,28+,35?/m1/s1. The SMILES string of the molecule is C=CC1CC1(CC(=O)[C@@H]1C[C@@H](S(=O)(=O)c2ccc3ccccc3c2)CN1C(=O)[C@@H](CC(=O)OC(C)(C)C)C(C)(C)C)C(=O)NS(C)(=O)=O. The summed E-state index contributed by atoms with van der Waals surface area (Å²) in [5.41, 5.74) is -2.98. The normalized spacial score (nSPS) is 23.7. The Balaban J connectivity index is 1.72. The number of nitrogens with one attached hydrogen (secondary N) is 1. The molecule has 0 bridgehead atoms. The van der Waals surface area contributed by atoms with Crippen molar-refractivity contribution in [2.45, 2.75) is 89.0 Å². The Morgan fingerprint density at radius 3 is 2.19 bits per heavy atom. The smallest absolute Gasteiger partial charge is 0.307 e. The van der Waals surface area contributed by atoms with Gasteiger partial charge in [-0.3, -0.25) is 23.9 Å². The van der Waals surface area contributed by atoms with E-state index in [1.807, 2.05) is 16.9 Å². The zero-order valence-electron chi connectivity index (χ0n) is 28.6. The lowest BCUT2D eigenvalue weighted by Crippen LogP contribution is -2.48. The zero-order chi connectivity index (χ0) is 36.0. The maximum atomic E-state index is 14.4. The van der Waals surface area contributed by atoms with Gasteiger partial charge in [0.15, 0.2) is 15.6 Å². The van der Waals surface area contributed by atoms with Crippen molar-refractivity contribution in [2.24, 2.45) is 22.7 Å². The number of hydrogen-bond acceptors (Lipinski definition) is 9. The fourth-order valence-electron chi connectivity index (χ4n) is 6.51. The summed E-state index contributed by atoms with van der Waals surface area (Å²) in [7, 11) is -8.00. The van der Waals surface area contributed by atoms with Crippen molar-refractivity contribution in [3.63, 3.8) is 0 Å². The van der Waals surface area contributed by atoms with Gasteiger partial charge in [-0.25, -0.2) is 16.8 Å². The van der Waals surface area contributed by atoms with Gasteiger partial charge in [0, 0.05) is 13.0 Å². The lowest BCUT2D eigenvalue weighted by molar-refractivity contribution is -0.161. The molecule has 5 atom stereocenters. The van der Waals surface area contributed by atoms with Crippen LogP contribution in [0.4, 0.5) is 0 Å². The lowest BCUT2D eigenvalue weighted by Gasteiger charge is -2.35. The molecule has 4 rings (SSSR count). The fraction of sp³-hybridized carbons (Fsp3) is 0.543. The molecule has 0 aromatic heterocycles. The van der Waals surface area contributed by atoms with Crippen molar-refractivity contribution in [2.75, 3.05) is 12.8 Å². The van der Waals surface area contributed by atoms with Crippen LogP contribution in [0.1, 0.15) is 67.2 Å². The highest BCUT2D eigenvalue weighted by Crippen LogP contribution is 2.57. The third kappa shape index (κ3) is 8.16. The first-order valence-corrected chi connectivity index (χ1v) is 19.3. The zero-order valence-corrected chi connectivity index (χ0v) is 30.2. The molecule has 1 saturated carbocycles. The summed E-state index contributed by atoms with van der Waals surface area (Å²) in [6.45, 7) is 13.9. The quantitative estimate of drug-likeness (QED) is 0.267. The van der Waals surface area contributed by atoms with Gasteiger partial charge in [-0.15, -0.1) is 6.58 Å². The minimum Gasteiger partial charge on any atom is -0.460 e. The summed E-state index contributed by atoms with van der Waals surface area (Å²) >= 11 is 0. The van der Waals surface area contributed by atoms with Gasteiger partial charge in [0.05, 0.1) is 40.2 Å². The molecular weight excluding hydrogens is 657 g/mol. The van der Waals surface area contributed by atoms with Gasteiger partial charge in [0.2, 0.25) is 21.8 Å². The number of rotatable bonds is 11. The van der Waals surface area contributed by atoms with Crippen LogP contribution in [0, 0.1) is 22.7 Å². The van der Waals surface area contributed by atoms with Crippen molar-refractivity contribution in [1.82, 2.24) is 9.62 Å². The maximum absolute atomic E-state index is 14.4. The van der Waals surface area contributed by atoms with E-state index in [9.17, 15) is 36.0 Å². The number of ether oxygens (including phenoxy) is 1. The number of nitrogens with zero attached hydrogens (tertiary/aromatic N) is 1. The Morgan fingerprint density at radius 1 is 1.02 bits per heavy atom. The molecule has 1 heterocycles. The van der Waals surface area contributed by atoms with Gasteiger partial charge in [0.1, 0.15) is 5.60 Å². The summed E-state index contributed by atoms with van der Waals surface area (Å²) in [4.78, 5) is 56.0. The van der Waals surface area contributed by atoms with Crippen molar-refractivity contribution >= 4 is 54.2 Å². The van der Waals surface area contributed by atoms with Crippen LogP contribution in [0.15, 0.2) is 60.0 Å². The molecule has 48 heavy (non-hydrogen) atoms. The van der Waals surface area contributed by atoms with E-state index in [2.05, 4.69) is 6.58 Å². The van der Waals surface area contributed by atoms with Crippen molar-refractivity contribution in [1.29, 1.82) is 0 Å². The number of fused-ring (bicyclic) bond motifs is 1. The minimum atomic E-state index is -4.07. The molecule has 262 valence electrons. The minimum absolute atomic E-state index is 0.0470. The number of allylic oxidation sites excluding steroid dienone is 1. The van der Waals surface area contributed by atoms with E-state index in [-0.39, 0.29) is 30.7 Å². The first-order chi connectivity index (χ1) is 22.0. The molecule has 2 amide bonds. The molecule has 13 heteroatoms. The Kier molecular flexibility index (Phi) is 10.1. The van der Waals surface area contributed by atoms with Gasteiger partial charge < -0.3 is 9.64 Å². The van der Waals surface area contributed by atoms with Crippen LogP contribution < -0.4 is 4.72 Å². The predicted octanol–water partition coefficient (Wildman–Crippen LogP) is 4.20. The number of benzene rings is 2. The number of amides is 2. The second kappa shape index (κ2) is 13.0. The van der Waals surface area contributed by atoms with Gasteiger partial charge in [-0.2, -0.15) is 0 Å². The van der Waals surface area contributed by atoms with Crippen LogP contribution in [-0.2, 0) is 43.8 Å². The first-order valence-electron chi connectivity index (χ1n) is 15.9. The Hall–Kier alpha value is -3.58. The molecule has 0 radical (unpaired) electrons. The fourth-order valence-corrected chi connectivity index (χ4v) is 8.77. The van der Waals surface area contributed by atoms with Crippen LogP contribution in [0.5, 0.6) is 0 Å². The summed E-state index contributed by atoms with van der Waals surface area (Å²) in [5, 5.41) is 0.404. The Morgan fingerprint density at radius 2 is 1.65 bits per heavy atom. The number of sulfonamides is 1. The van der Waals surface area contributed by atoms with E-state index in [0.29, 0.717) is 5.39 Å². The molecule has 2 fully saturated rings. The number of hydrogen-bond donors (Lipinski definition) is 1. The van der Waals surface area contributed by atoms with E-state index < -0.39 is 89.4 Å².